The number of rotatable bonds is 3. The number of carbonyl (C=O) groups excluding carboxylic acids is 1. The van der Waals surface area contributed by atoms with Crippen LogP contribution >= 0.6 is 11.6 Å². The average molecular weight is 403 g/mol. The summed E-state index contributed by atoms with van der Waals surface area (Å²) in [5.74, 6) is -0.966. The van der Waals surface area contributed by atoms with Crippen molar-refractivity contribution in [2.75, 3.05) is 0 Å². The van der Waals surface area contributed by atoms with E-state index in [2.05, 4.69) is 5.32 Å². The van der Waals surface area contributed by atoms with Gasteiger partial charge >= 0.3 is 0 Å². The molecule has 5 nitrogen and oxygen atoms in total. The normalized spacial score (nSPS) is 11.6. The van der Waals surface area contributed by atoms with Gasteiger partial charge in [0.1, 0.15) is 18.1 Å². The summed E-state index contributed by atoms with van der Waals surface area (Å²) in [6, 6.07) is 10.3. The van der Waals surface area contributed by atoms with Gasteiger partial charge in [-0.15, -0.1) is 0 Å². The Kier molecular flexibility index (Phi) is 5.17. The number of hydrogen-bond donors (Lipinski definition) is 2. The number of aromatic nitrogens is 1. The van der Waals surface area contributed by atoms with Crippen molar-refractivity contribution in [2.24, 2.45) is 0 Å². The Labute approximate surface area is 166 Å². The van der Waals surface area contributed by atoms with Crippen molar-refractivity contribution in [3.8, 4) is 17.0 Å². The van der Waals surface area contributed by atoms with E-state index >= 15 is 0 Å². The van der Waals surface area contributed by atoms with E-state index in [1.165, 1.54) is 34.9 Å². The number of phenols is 1. The fraction of sp³-hybridized carbons (Fsp3) is 0.238. The molecule has 1 aromatic heterocycles. The Morgan fingerprint density at radius 2 is 1.89 bits per heavy atom. The molecule has 0 atom stereocenters. The molecule has 2 N–H and O–H groups in total. The van der Waals surface area contributed by atoms with E-state index in [1.54, 1.807) is 12.1 Å². The van der Waals surface area contributed by atoms with E-state index in [0.29, 0.717) is 16.6 Å². The zero-order chi connectivity index (χ0) is 20.6. The number of nitrogens with zero attached hydrogens (tertiary/aromatic N) is 1. The number of aromatic hydroxyl groups is 1. The molecular weight excluding hydrogens is 383 g/mol. The first-order valence-corrected chi connectivity index (χ1v) is 9.06. The summed E-state index contributed by atoms with van der Waals surface area (Å²) in [5.41, 5.74) is 0.0268. The summed E-state index contributed by atoms with van der Waals surface area (Å²) in [6.45, 7) is 5.29. The maximum atomic E-state index is 13.6. The molecule has 7 heteroatoms. The molecule has 0 spiro atoms. The molecule has 0 radical (unpaired) electrons. The van der Waals surface area contributed by atoms with E-state index < -0.39 is 16.9 Å². The molecule has 0 unspecified atom stereocenters. The minimum Gasteiger partial charge on any atom is -0.508 e. The van der Waals surface area contributed by atoms with Gasteiger partial charge in [0.05, 0.1) is 16.1 Å². The molecule has 0 fully saturated rings. The number of pyridine rings is 1. The highest BCUT2D eigenvalue weighted by Gasteiger charge is 2.18. The third-order valence-electron chi connectivity index (χ3n) is 4.13. The molecule has 3 aromatic rings. The summed E-state index contributed by atoms with van der Waals surface area (Å²) in [7, 11) is 0. The Hall–Kier alpha value is -2.86. The SMILES string of the molecule is CC(C)(C)NC(=O)Cn1c(-c2ccc(F)c(Cl)c2)cc2ccc(O)cc2c1=O. The van der Waals surface area contributed by atoms with Crippen LogP contribution < -0.4 is 10.9 Å². The second-order valence-corrected chi connectivity index (χ2v) is 8.03. The van der Waals surface area contributed by atoms with Crippen molar-refractivity contribution in [1.82, 2.24) is 9.88 Å². The van der Waals surface area contributed by atoms with Crippen LogP contribution in [0.2, 0.25) is 5.02 Å². The zero-order valence-electron chi connectivity index (χ0n) is 15.7. The van der Waals surface area contributed by atoms with Gasteiger partial charge in [0.25, 0.3) is 5.56 Å². The average Bonchev–Trinajstić information content (AvgIpc) is 2.58. The standard InChI is InChI=1S/C21H20ClFN2O3/c1-21(2,3)24-19(27)11-25-18(13-5-7-17(23)16(22)8-13)9-12-4-6-14(26)10-15(12)20(25)28/h4-10,26H,11H2,1-3H3,(H,24,27). The highest BCUT2D eigenvalue weighted by Crippen LogP contribution is 2.27. The molecule has 0 aliphatic rings. The van der Waals surface area contributed by atoms with Crippen molar-refractivity contribution in [3.05, 3.63) is 63.7 Å². The molecule has 0 aliphatic heterocycles. The summed E-state index contributed by atoms with van der Waals surface area (Å²) >= 11 is 5.91. The van der Waals surface area contributed by atoms with Crippen LogP contribution in [0.4, 0.5) is 4.39 Å². The zero-order valence-corrected chi connectivity index (χ0v) is 16.5. The monoisotopic (exact) mass is 402 g/mol. The van der Waals surface area contributed by atoms with E-state index in [1.807, 2.05) is 20.8 Å². The van der Waals surface area contributed by atoms with Gasteiger partial charge in [0, 0.05) is 5.54 Å². The van der Waals surface area contributed by atoms with Crippen LogP contribution in [0.5, 0.6) is 5.75 Å². The summed E-state index contributed by atoms with van der Waals surface area (Å²) < 4.78 is 14.9. The lowest BCUT2D eigenvalue weighted by Gasteiger charge is -2.22. The van der Waals surface area contributed by atoms with Crippen molar-refractivity contribution < 1.29 is 14.3 Å². The van der Waals surface area contributed by atoms with Crippen LogP contribution in [0.15, 0.2) is 47.3 Å². The molecule has 0 aliphatic carbocycles. The number of halogens is 2. The number of fused-ring (bicyclic) bond motifs is 1. The largest absolute Gasteiger partial charge is 0.508 e. The molecule has 0 bridgehead atoms. The van der Waals surface area contributed by atoms with E-state index in [4.69, 9.17) is 11.6 Å². The highest BCUT2D eigenvalue weighted by atomic mass is 35.5. The second kappa shape index (κ2) is 7.28. The number of phenolic OH excluding ortho intramolecular Hbond substituents is 1. The number of carbonyl (C=O) groups is 1. The first-order chi connectivity index (χ1) is 13.0. The van der Waals surface area contributed by atoms with Crippen LogP contribution in [0, 0.1) is 5.82 Å². The van der Waals surface area contributed by atoms with Gasteiger partial charge in [-0.25, -0.2) is 4.39 Å². The molecule has 3 rings (SSSR count). The molecular formula is C21H20ClFN2O3. The number of hydrogen-bond acceptors (Lipinski definition) is 3. The highest BCUT2D eigenvalue weighted by molar-refractivity contribution is 6.31. The van der Waals surface area contributed by atoms with Gasteiger partial charge in [0.15, 0.2) is 0 Å². The molecule has 28 heavy (non-hydrogen) atoms. The minimum absolute atomic E-state index is 0.0483. The van der Waals surface area contributed by atoms with Crippen LogP contribution in [0.3, 0.4) is 0 Å². The number of nitrogens with one attached hydrogen (secondary N) is 1. The fourth-order valence-electron chi connectivity index (χ4n) is 2.99. The number of amides is 1. The summed E-state index contributed by atoms with van der Waals surface area (Å²) in [6.07, 6.45) is 0. The van der Waals surface area contributed by atoms with Crippen LogP contribution in [-0.4, -0.2) is 21.1 Å². The van der Waals surface area contributed by atoms with Crippen molar-refractivity contribution in [1.29, 1.82) is 0 Å². The predicted molar refractivity (Wildman–Crippen MR) is 108 cm³/mol. The minimum atomic E-state index is -0.574. The smallest absolute Gasteiger partial charge is 0.259 e. The fourth-order valence-corrected chi connectivity index (χ4v) is 3.17. The second-order valence-electron chi connectivity index (χ2n) is 7.62. The lowest BCUT2D eigenvalue weighted by Crippen LogP contribution is -2.43. The molecule has 1 heterocycles. The van der Waals surface area contributed by atoms with Crippen LogP contribution in [0.25, 0.3) is 22.0 Å². The van der Waals surface area contributed by atoms with Crippen LogP contribution in [0.1, 0.15) is 20.8 Å². The van der Waals surface area contributed by atoms with Crippen molar-refractivity contribution >= 4 is 28.3 Å². The van der Waals surface area contributed by atoms with Gasteiger partial charge in [-0.3, -0.25) is 14.2 Å². The summed E-state index contributed by atoms with van der Waals surface area (Å²) in [4.78, 5) is 25.6. The molecule has 0 saturated carbocycles. The van der Waals surface area contributed by atoms with Gasteiger partial charge in [0.2, 0.25) is 5.91 Å². The molecule has 0 saturated heterocycles. The number of benzene rings is 2. The third kappa shape index (κ3) is 4.17. The first-order valence-electron chi connectivity index (χ1n) is 8.68. The van der Waals surface area contributed by atoms with Crippen LogP contribution in [-0.2, 0) is 11.3 Å². The Morgan fingerprint density at radius 3 is 2.54 bits per heavy atom. The Morgan fingerprint density at radius 1 is 1.18 bits per heavy atom. The maximum absolute atomic E-state index is 13.6. The van der Waals surface area contributed by atoms with E-state index in [-0.39, 0.29) is 28.6 Å². The lowest BCUT2D eigenvalue weighted by atomic mass is 10.1. The lowest BCUT2D eigenvalue weighted by molar-refractivity contribution is -0.123. The van der Waals surface area contributed by atoms with Gasteiger partial charge in [-0.05, 0) is 68.1 Å². The molecule has 146 valence electrons. The van der Waals surface area contributed by atoms with E-state index in [0.717, 1.165) is 0 Å². The van der Waals surface area contributed by atoms with Gasteiger partial charge in [-0.2, -0.15) is 0 Å². The molecule has 1 amide bonds. The van der Waals surface area contributed by atoms with Gasteiger partial charge in [-0.1, -0.05) is 17.7 Å². The van der Waals surface area contributed by atoms with Gasteiger partial charge < -0.3 is 10.4 Å². The van der Waals surface area contributed by atoms with E-state index in [9.17, 15) is 19.1 Å². The third-order valence-corrected chi connectivity index (χ3v) is 4.42. The maximum Gasteiger partial charge on any atom is 0.259 e. The van der Waals surface area contributed by atoms with Crippen molar-refractivity contribution in [3.63, 3.8) is 0 Å². The first kappa shape index (κ1) is 19.9. The molecule has 2 aromatic carbocycles. The van der Waals surface area contributed by atoms with Crippen molar-refractivity contribution in [2.45, 2.75) is 32.9 Å². The summed E-state index contributed by atoms with van der Waals surface area (Å²) in [5, 5.41) is 13.4. The quantitative estimate of drug-likeness (QED) is 0.693. The topological polar surface area (TPSA) is 71.3 Å². The predicted octanol–water partition coefficient (Wildman–Crippen LogP) is 4.08. The Balaban J connectivity index is 2.22. The Bertz CT molecular complexity index is 1130.